The van der Waals surface area contributed by atoms with Gasteiger partial charge in [0.15, 0.2) is 0 Å². The number of rotatable bonds is 8. The smallest absolute Gasteiger partial charge is 0.222 e. The number of hydrogen-bond acceptors (Lipinski definition) is 5. The quantitative estimate of drug-likeness (QED) is 0.468. The van der Waals surface area contributed by atoms with Crippen LogP contribution in [0, 0.1) is 6.92 Å². The molecule has 0 unspecified atom stereocenters. The second kappa shape index (κ2) is 9.04. The van der Waals surface area contributed by atoms with E-state index in [-0.39, 0.29) is 11.9 Å². The second-order valence-corrected chi connectivity index (χ2v) is 8.05. The van der Waals surface area contributed by atoms with Crippen molar-refractivity contribution in [3.63, 3.8) is 0 Å². The summed E-state index contributed by atoms with van der Waals surface area (Å²) in [6.07, 6.45) is 7.71. The SMILES string of the molecule is Cc1nccn1[C@H](C)CC(=O)NCCn1ncc(-c2ccccn2)c1-c1cccs1. The Bertz CT molecular complexity index is 1100. The van der Waals surface area contributed by atoms with Crippen LogP contribution in [0.5, 0.6) is 0 Å². The molecule has 0 spiro atoms. The van der Waals surface area contributed by atoms with Crippen LogP contribution in [0.1, 0.15) is 25.2 Å². The van der Waals surface area contributed by atoms with Crippen molar-refractivity contribution in [2.45, 2.75) is 32.9 Å². The van der Waals surface area contributed by atoms with Crippen molar-refractivity contribution in [3.05, 3.63) is 66.3 Å². The summed E-state index contributed by atoms with van der Waals surface area (Å²) in [5.41, 5.74) is 2.91. The number of amides is 1. The topological polar surface area (TPSA) is 77.6 Å². The van der Waals surface area contributed by atoms with Crippen LogP contribution < -0.4 is 5.32 Å². The molecule has 0 aliphatic heterocycles. The Hall–Kier alpha value is -3.26. The first-order valence-electron chi connectivity index (χ1n) is 9.90. The Morgan fingerprint density at radius 3 is 2.80 bits per heavy atom. The number of nitrogens with zero attached hydrogens (tertiary/aromatic N) is 5. The molecule has 0 saturated carbocycles. The molecule has 4 aromatic rings. The van der Waals surface area contributed by atoms with Gasteiger partial charge in [0.1, 0.15) is 5.82 Å². The van der Waals surface area contributed by atoms with Crippen molar-refractivity contribution in [3.8, 4) is 21.8 Å². The third kappa shape index (κ3) is 4.33. The summed E-state index contributed by atoms with van der Waals surface area (Å²) >= 11 is 1.67. The molecule has 4 heterocycles. The lowest BCUT2D eigenvalue weighted by atomic mass is 10.1. The van der Waals surface area contributed by atoms with Gasteiger partial charge in [-0.15, -0.1) is 11.3 Å². The summed E-state index contributed by atoms with van der Waals surface area (Å²) in [5.74, 6) is 0.930. The number of hydrogen-bond donors (Lipinski definition) is 1. The Labute approximate surface area is 179 Å². The van der Waals surface area contributed by atoms with E-state index in [4.69, 9.17) is 0 Å². The van der Waals surface area contributed by atoms with Crippen LogP contribution in [0.4, 0.5) is 0 Å². The maximum absolute atomic E-state index is 12.4. The van der Waals surface area contributed by atoms with E-state index in [1.54, 1.807) is 23.7 Å². The van der Waals surface area contributed by atoms with Crippen molar-refractivity contribution in [2.75, 3.05) is 6.54 Å². The number of carbonyl (C=O) groups is 1. The molecule has 1 atom stereocenters. The predicted octanol–water partition coefficient (Wildman–Crippen LogP) is 3.95. The van der Waals surface area contributed by atoms with Crippen molar-refractivity contribution in [2.24, 2.45) is 0 Å². The summed E-state index contributed by atoms with van der Waals surface area (Å²) in [4.78, 5) is 22.2. The monoisotopic (exact) mass is 420 g/mol. The van der Waals surface area contributed by atoms with Gasteiger partial charge >= 0.3 is 0 Å². The average Bonchev–Trinajstić information content (AvgIpc) is 3.49. The lowest BCUT2D eigenvalue weighted by Crippen LogP contribution is -2.29. The van der Waals surface area contributed by atoms with Gasteiger partial charge in [-0.05, 0) is 37.4 Å². The van der Waals surface area contributed by atoms with E-state index in [9.17, 15) is 4.79 Å². The molecular weight excluding hydrogens is 396 g/mol. The highest BCUT2D eigenvalue weighted by Gasteiger charge is 2.17. The summed E-state index contributed by atoms with van der Waals surface area (Å²) in [7, 11) is 0. The number of pyridine rings is 1. The first-order chi connectivity index (χ1) is 14.6. The zero-order valence-electron chi connectivity index (χ0n) is 17.0. The highest BCUT2D eigenvalue weighted by Crippen LogP contribution is 2.33. The molecule has 0 radical (unpaired) electrons. The van der Waals surface area contributed by atoms with Crippen LogP contribution in [0.3, 0.4) is 0 Å². The molecule has 154 valence electrons. The molecule has 1 N–H and O–H groups in total. The normalized spacial score (nSPS) is 12.1. The van der Waals surface area contributed by atoms with Gasteiger partial charge in [0, 0.05) is 43.2 Å². The molecule has 8 heteroatoms. The molecule has 4 rings (SSSR count). The minimum absolute atomic E-state index is 0.0189. The van der Waals surface area contributed by atoms with Gasteiger partial charge in [-0.1, -0.05) is 12.1 Å². The van der Waals surface area contributed by atoms with Crippen LogP contribution in [0.25, 0.3) is 21.8 Å². The van der Waals surface area contributed by atoms with Gasteiger partial charge in [0.05, 0.1) is 29.0 Å². The van der Waals surface area contributed by atoms with Crippen molar-refractivity contribution in [1.29, 1.82) is 0 Å². The van der Waals surface area contributed by atoms with Crippen LogP contribution >= 0.6 is 11.3 Å². The number of thiophene rings is 1. The molecule has 0 bridgehead atoms. The summed E-state index contributed by atoms with van der Waals surface area (Å²) < 4.78 is 3.96. The largest absolute Gasteiger partial charge is 0.354 e. The van der Waals surface area contributed by atoms with Crippen LogP contribution in [0.15, 0.2) is 60.5 Å². The fourth-order valence-electron chi connectivity index (χ4n) is 3.53. The van der Waals surface area contributed by atoms with Gasteiger partial charge in [-0.3, -0.25) is 14.5 Å². The summed E-state index contributed by atoms with van der Waals surface area (Å²) in [6, 6.07) is 10.0. The molecule has 0 aromatic carbocycles. The van der Waals surface area contributed by atoms with Gasteiger partial charge in [-0.2, -0.15) is 5.10 Å². The maximum Gasteiger partial charge on any atom is 0.222 e. The van der Waals surface area contributed by atoms with Gasteiger partial charge in [0.2, 0.25) is 5.91 Å². The van der Waals surface area contributed by atoms with E-state index in [2.05, 4.69) is 31.8 Å². The van der Waals surface area contributed by atoms with E-state index in [0.717, 1.165) is 27.7 Å². The predicted molar refractivity (Wildman–Crippen MR) is 118 cm³/mol. The van der Waals surface area contributed by atoms with Crippen LogP contribution in [-0.4, -0.2) is 36.8 Å². The number of aryl methyl sites for hydroxylation is 1. The molecular formula is C22H24N6OS. The second-order valence-electron chi connectivity index (χ2n) is 7.11. The molecule has 30 heavy (non-hydrogen) atoms. The number of imidazole rings is 1. The number of nitrogens with one attached hydrogen (secondary N) is 1. The lowest BCUT2D eigenvalue weighted by Gasteiger charge is -2.15. The summed E-state index contributed by atoms with van der Waals surface area (Å²) in [6.45, 7) is 5.06. The maximum atomic E-state index is 12.4. The first-order valence-corrected chi connectivity index (χ1v) is 10.8. The molecule has 1 amide bonds. The lowest BCUT2D eigenvalue weighted by molar-refractivity contribution is -0.121. The van der Waals surface area contributed by atoms with E-state index in [0.29, 0.717) is 19.5 Å². The van der Waals surface area contributed by atoms with Crippen LogP contribution in [0.2, 0.25) is 0 Å². The molecule has 4 aromatic heterocycles. The minimum atomic E-state index is 0.0189. The number of carbonyl (C=O) groups excluding carboxylic acids is 1. The van der Waals surface area contributed by atoms with E-state index in [1.165, 1.54) is 0 Å². The Morgan fingerprint density at radius 2 is 2.10 bits per heavy atom. The van der Waals surface area contributed by atoms with Crippen molar-refractivity contribution >= 4 is 17.2 Å². The van der Waals surface area contributed by atoms with E-state index in [1.807, 2.05) is 59.8 Å². The minimum Gasteiger partial charge on any atom is -0.354 e. The standard InChI is InChI=1S/C22H24N6OS/c1-16(27-11-9-23-17(27)2)14-21(29)25-10-12-28-22(20-7-5-13-30-20)18(15-26-28)19-6-3-4-8-24-19/h3-9,11,13,15-16H,10,12,14H2,1-2H3,(H,25,29)/t16-/m1/s1. The fraction of sp³-hybridized carbons (Fsp3) is 0.273. The van der Waals surface area contributed by atoms with Gasteiger partial charge < -0.3 is 9.88 Å². The molecule has 0 saturated heterocycles. The molecule has 7 nitrogen and oxygen atoms in total. The first kappa shape index (κ1) is 20.0. The molecule has 0 aliphatic carbocycles. The Balaban J connectivity index is 1.43. The van der Waals surface area contributed by atoms with Crippen LogP contribution in [-0.2, 0) is 11.3 Å². The molecule has 0 aliphatic rings. The third-order valence-corrected chi connectivity index (χ3v) is 5.88. The highest BCUT2D eigenvalue weighted by molar-refractivity contribution is 7.13. The zero-order chi connectivity index (χ0) is 20.9. The Kier molecular flexibility index (Phi) is 6.04. The van der Waals surface area contributed by atoms with Gasteiger partial charge in [0.25, 0.3) is 0 Å². The van der Waals surface area contributed by atoms with Crippen molar-refractivity contribution < 1.29 is 4.79 Å². The van der Waals surface area contributed by atoms with Crippen molar-refractivity contribution in [1.82, 2.24) is 29.6 Å². The average molecular weight is 421 g/mol. The highest BCUT2D eigenvalue weighted by atomic mass is 32.1. The van der Waals surface area contributed by atoms with E-state index < -0.39 is 0 Å². The third-order valence-electron chi connectivity index (χ3n) is 5.00. The zero-order valence-corrected chi connectivity index (χ0v) is 17.8. The van der Waals surface area contributed by atoms with E-state index >= 15 is 0 Å². The van der Waals surface area contributed by atoms with Gasteiger partial charge in [-0.25, -0.2) is 4.98 Å². The Morgan fingerprint density at radius 1 is 1.20 bits per heavy atom. The molecule has 0 fully saturated rings. The number of aromatic nitrogens is 5. The summed E-state index contributed by atoms with van der Waals surface area (Å²) in [5, 5.41) is 9.65. The fourth-order valence-corrected chi connectivity index (χ4v) is 4.32.